The minimum Gasteiger partial charge on any atom is -0.446 e. The predicted octanol–water partition coefficient (Wildman–Crippen LogP) is 3.49. The summed E-state index contributed by atoms with van der Waals surface area (Å²) >= 11 is 0. The molecule has 0 saturated carbocycles. The van der Waals surface area contributed by atoms with Crippen LogP contribution in [0.5, 0.6) is 0 Å². The molecule has 0 bridgehead atoms. The van der Waals surface area contributed by atoms with Gasteiger partial charge in [-0.15, -0.1) is 6.58 Å². The molecule has 0 aliphatic carbocycles. The van der Waals surface area contributed by atoms with E-state index in [1.165, 1.54) is 6.42 Å². The number of hydrogen-bond donors (Lipinski definition) is 0. The second-order valence-corrected chi connectivity index (χ2v) is 5.20. The van der Waals surface area contributed by atoms with Crippen molar-refractivity contribution >= 4 is 6.09 Å². The quantitative estimate of drug-likeness (QED) is 0.700. The Balaban J connectivity index is 2.04. The Morgan fingerprint density at radius 1 is 1.53 bits per heavy atom. The van der Waals surface area contributed by atoms with Crippen LogP contribution < -0.4 is 0 Å². The van der Waals surface area contributed by atoms with Gasteiger partial charge in [-0.25, -0.2) is 4.79 Å². The van der Waals surface area contributed by atoms with E-state index in [4.69, 9.17) is 4.74 Å². The summed E-state index contributed by atoms with van der Waals surface area (Å²) in [7, 11) is 0. The molecule has 2 aliphatic rings. The Hall–Kier alpha value is -0.990. The van der Waals surface area contributed by atoms with Crippen molar-refractivity contribution in [1.29, 1.82) is 0 Å². The fourth-order valence-corrected chi connectivity index (χ4v) is 3.17. The fraction of sp³-hybridized carbons (Fsp3) is 0.786. The number of fused-ring (bicyclic) bond motifs is 1. The van der Waals surface area contributed by atoms with Crippen molar-refractivity contribution in [3.8, 4) is 0 Å². The topological polar surface area (TPSA) is 29.5 Å². The SMILES string of the molecule is C=CC[C@H]1CCC[C@H]2C[C@@H](CCC)OC(=O)N12. The van der Waals surface area contributed by atoms with Gasteiger partial charge in [0.05, 0.1) is 0 Å². The molecule has 0 radical (unpaired) electrons. The van der Waals surface area contributed by atoms with Crippen LogP contribution in [0.2, 0.25) is 0 Å². The molecule has 0 unspecified atom stereocenters. The zero-order valence-corrected chi connectivity index (χ0v) is 10.7. The van der Waals surface area contributed by atoms with E-state index >= 15 is 0 Å². The Labute approximate surface area is 104 Å². The molecule has 17 heavy (non-hydrogen) atoms. The van der Waals surface area contributed by atoms with Crippen LogP contribution in [0.25, 0.3) is 0 Å². The highest BCUT2D eigenvalue weighted by Crippen LogP contribution is 2.33. The van der Waals surface area contributed by atoms with E-state index < -0.39 is 0 Å². The van der Waals surface area contributed by atoms with Crippen LogP contribution in [0.15, 0.2) is 12.7 Å². The van der Waals surface area contributed by atoms with E-state index in [0.717, 1.165) is 38.5 Å². The maximum Gasteiger partial charge on any atom is 0.410 e. The van der Waals surface area contributed by atoms with Crippen molar-refractivity contribution in [2.75, 3.05) is 0 Å². The zero-order valence-electron chi connectivity index (χ0n) is 10.7. The molecule has 1 amide bonds. The zero-order chi connectivity index (χ0) is 12.3. The second-order valence-electron chi connectivity index (χ2n) is 5.20. The van der Waals surface area contributed by atoms with Gasteiger partial charge in [-0.2, -0.15) is 0 Å². The van der Waals surface area contributed by atoms with E-state index in [1.807, 2.05) is 11.0 Å². The summed E-state index contributed by atoms with van der Waals surface area (Å²) in [5.74, 6) is 0. The monoisotopic (exact) mass is 237 g/mol. The van der Waals surface area contributed by atoms with Crippen molar-refractivity contribution in [3.63, 3.8) is 0 Å². The summed E-state index contributed by atoms with van der Waals surface area (Å²) < 4.78 is 5.53. The van der Waals surface area contributed by atoms with Crippen LogP contribution >= 0.6 is 0 Å². The van der Waals surface area contributed by atoms with Gasteiger partial charge in [0.25, 0.3) is 0 Å². The third-order valence-electron chi connectivity index (χ3n) is 3.92. The largest absolute Gasteiger partial charge is 0.446 e. The highest BCUT2D eigenvalue weighted by molar-refractivity contribution is 5.69. The average molecular weight is 237 g/mol. The molecule has 2 saturated heterocycles. The lowest BCUT2D eigenvalue weighted by Gasteiger charge is -2.46. The van der Waals surface area contributed by atoms with E-state index in [0.29, 0.717) is 12.1 Å². The van der Waals surface area contributed by atoms with Crippen LogP contribution in [-0.2, 0) is 4.74 Å². The molecule has 3 heteroatoms. The van der Waals surface area contributed by atoms with E-state index in [2.05, 4.69) is 13.5 Å². The van der Waals surface area contributed by atoms with Crippen molar-refractivity contribution in [2.45, 2.75) is 70.1 Å². The molecule has 0 aromatic carbocycles. The third kappa shape index (κ3) is 2.64. The van der Waals surface area contributed by atoms with Gasteiger partial charge in [-0.3, -0.25) is 0 Å². The Kier molecular flexibility index (Phi) is 4.08. The number of hydrogen-bond acceptors (Lipinski definition) is 2. The molecule has 2 fully saturated rings. The molecule has 96 valence electrons. The standard InChI is InChI=1S/C14H23NO2/c1-3-6-11-8-5-9-12-10-13(7-4-2)17-14(16)15(11)12/h3,11-13H,1,4-10H2,2H3/t11-,12-,13+/m0/s1. The summed E-state index contributed by atoms with van der Waals surface area (Å²) in [6.07, 6.45) is 9.44. The van der Waals surface area contributed by atoms with Crippen LogP contribution in [0.4, 0.5) is 4.79 Å². The first-order valence-corrected chi connectivity index (χ1v) is 6.86. The minimum atomic E-state index is -0.0914. The summed E-state index contributed by atoms with van der Waals surface area (Å²) in [5, 5.41) is 0. The van der Waals surface area contributed by atoms with Gasteiger partial charge in [-0.05, 0) is 32.1 Å². The van der Waals surface area contributed by atoms with Crippen molar-refractivity contribution < 1.29 is 9.53 Å². The van der Waals surface area contributed by atoms with Crippen molar-refractivity contribution in [3.05, 3.63) is 12.7 Å². The van der Waals surface area contributed by atoms with Gasteiger partial charge in [0.1, 0.15) is 6.10 Å². The number of cyclic esters (lactones) is 1. The van der Waals surface area contributed by atoms with E-state index in [9.17, 15) is 4.79 Å². The lowest BCUT2D eigenvalue weighted by atomic mass is 9.89. The molecule has 3 nitrogen and oxygen atoms in total. The average Bonchev–Trinajstić information content (AvgIpc) is 2.29. The molecule has 2 aliphatic heterocycles. The third-order valence-corrected chi connectivity index (χ3v) is 3.92. The first kappa shape index (κ1) is 12.5. The molecule has 0 N–H and O–H groups in total. The summed E-state index contributed by atoms with van der Waals surface area (Å²) in [6.45, 7) is 5.92. The van der Waals surface area contributed by atoms with Gasteiger partial charge in [0, 0.05) is 18.5 Å². The predicted molar refractivity (Wildman–Crippen MR) is 67.9 cm³/mol. The number of carbonyl (C=O) groups is 1. The molecule has 0 aromatic rings. The van der Waals surface area contributed by atoms with E-state index in [-0.39, 0.29) is 12.2 Å². The Morgan fingerprint density at radius 2 is 2.35 bits per heavy atom. The van der Waals surface area contributed by atoms with Gasteiger partial charge < -0.3 is 9.64 Å². The molecule has 2 heterocycles. The highest BCUT2D eigenvalue weighted by Gasteiger charge is 2.40. The van der Waals surface area contributed by atoms with Crippen LogP contribution in [0.1, 0.15) is 51.9 Å². The van der Waals surface area contributed by atoms with Crippen LogP contribution in [0, 0.1) is 0 Å². The van der Waals surface area contributed by atoms with Crippen LogP contribution in [-0.4, -0.2) is 29.2 Å². The maximum absolute atomic E-state index is 12.1. The van der Waals surface area contributed by atoms with Crippen LogP contribution in [0.3, 0.4) is 0 Å². The molecular formula is C14H23NO2. The highest BCUT2D eigenvalue weighted by atomic mass is 16.6. The minimum absolute atomic E-state index is 0.0914. The van der Waals surface area contributed by atoms with Crippen molar-refractivity contribution in [2.24, 2.45) is 0 Å². The number of rotatable bonds is 4. The second kappa shape index (κ2) is 5.56. The Bertz CT molecular complexity index is 290. The number of amides is 1. The van der Waals surface area contributed by atoms with Gasteiger partial charge in [-0.1, -0.05) is 19.4 Å². The normalized spacial score (nSPS) is 32.9. The summed E-state index contributed by atoms with van der Waals surface area (Å²) in [4.78, 5) is 14.1. The number of piperidine rings is 1. The van der Waals surface area contributed by atoms with E-state index in [1.54, 1.807) is 0 Å². The first-order valence-electron chi connectivity index (χ1n) is 6.86. The maximum atomic E-state index is 12.1. The molecular weight excluding hydrogens is 214 g/mol. The van der Waals surface area contributed by atoms with Gasteiger partial charge in [0.2, 0.25) is 0 Å². The number of nitrogens with zero attached hydrogens (tertiary/aromatic N) is 1. The summed E-state index contributed by atoms with van der Waals surface area (Å²) in [5.41, 5.74) is 0. The van der Waals surface area contributed by atoms with Gasteiger partial charge >= 0.3 is 6.09 Å². The molecule has 0 aromatic heterocycles. The fourth-order valence-electron chi connectivity index (χ4n) is 3.17. The molecule has 2 rings (SSSR count). The Morgan fingerprint density at radius 3 is 3.06 bits per heavy atom. The smallest absolute Gasteiger partial charge is 0.410 e. The molecule has 0 spiro atoms. The molecule has 3 atom stereocenters. The first-order chi connectivity index (χ1) is 8.26. The number of carbonyl (C=O) groups excluding carboxylic acids is 1. The number of ether oxygens (including phenoxy) is 1. The van der Waals surface area contributed by atoms with Gasteiger partial charge in [0.15, 0.2) is 0 Å². The lowest BCUT2D eigenvalue weighted by molar-refractivity contribution is -0.0346. The lowest BCUT2D eigenvalue weighted by Crippen LogP contribution is -2.55. The summed E-state index contributed by atoms with van der Waals surface area (Å²) in [6, 6.07) is 0.729. The van der Waals surface area contributed by atoms with Crippen molar-refractivity contribution in [1.82, 2.24) is 4.90 Å².